The Balaban J connectivity index is 2.26. The van der Waals surface area contributed by atoms with Crippen molar-refractivity contribution in [2.24, 2.45) is 17.3 Å². The number of hydrogen-bond donors (Lipinski definition) is 3. The summed E-state index contributed by atoms with van der Waals surface area (Å²) in [5.41, 5.74) is -0.0655. The van der Waals surface area contributed by atoms with Crippen molar-refractivity contribution in [3.63, 3.8) is 0 Å². The second-order valence-electron chi connectivity index (χ2n) is 14.9. The summed E-state index contributed by atoms with van der Waals surface area (Å²) in [5, 5.41) is 15.7. The Bertz CT molecular complexity index is 1030. The van der Waals surface area contributed by atoms with Crippen LogP contribution in [-0.2, 0) is 19.2 Å². The number of carbonyl (C=O) groups is 4. The highest BCUT2D eigenvalue weighted by Gasteiger charge is 2.40. The predicted octanol–water partition coefficient (Wildman–Crippen LogP) is 3.33. The molecule has 0 aliphatic carbocycles. The van der Waals surface area contributed by atoms with E-state index in [0.717, 1.165) is 32.2 Å². The zero-order chi connectivity index (χ0) is 33.5. The number of rotatable bonds is 12. The quantitative estimate of drug-likeness (QED) is 0.288. The highest BCUT2D eigenvalue weighted by molar-refractivity contribution is 5.97. The third-order valence-corrected chi connectivity index (χ3v) is 9.29. The Morgan fingerprint density at radius 2 is 1.48 bits per heavy atom. The van der Waals surface area contributed by atoms with Crippen LogP contribution in [0.15, 0.2) is 11.6 Å². The Kier molecular flexibility index (Phi) is 13.9. The van der Waals surface area contributed by atoms with Gasteiger partial charge in [-0.2, -0.15) is 0 Å². The van der Waals surface area contributed by atoms with Crippen molar-refractivity contribution in [2.75, 3.05) is 26.7 Å². The van der Waals surface area contributed by atoms with Crippen molar-refractivity contribution in [2.45, 2.75) is 138 Å². The molecule has 0 unspecified atom stereocenters. The number of piperidine rings is 1. The van der Waals surface area contributed by atoms with Crippen LogP contribution in [0.25, 0.3) is 0 Å². The van der Waals surface area contributed by atoms with E-state index in [1.54, 1.807) is 23.8 Å². The number of likely N-dealkylation sites (N-methyl/N-ethyl adjacent to an activating group) is 1. The first-order chi connectivity index (χ1) is 20.4. The monoisotopic (exact) mass is 619 g/mol. The average molecular weight is 620 g/mol. The van der Waals surface area contributed by atoms with Gasteiger partial charge in [0.25, 0.3) is 0 Å². The van der Waals surface area contributed by atoms with Gasteiger partial charge in [-0.3, -0.25) is 24.1 Å². The average Bonchev–Trinajstić information content (AvgIpc) is 3.45. The van der Waals surface area contributed by atoms with Gasteiger partial charge in [-0.15, -0.1) is 0 Å². The second kappa shape index (κ2) is 16.2. The lowest BCUT2D eigenvalue weighted by molar-refractivity contribution is -0.142. The lowest BCUT2D eigenvalue weighted by Gasteiger charge is -2.41. The van der Waals surface area contributed by atoms with E-state index in [0.29, 0.717) is 18.5 Å². The van der Waals surface area contributed by atoms with E-state index in [4.69, 9.17) is 0 Å². The van der Waals surface area contributed by atoms with Crippen molar-refractivity contribution < 1.29 is 24.3 Å². The third kappa shape index (κ3) is 9.52. The first kappa shape index (κ1) is 37.7. The number of nitrogens with zero attached hydrogens (tertiary/aromatic N) is 3. The van der Waals surface area contributed by atoms with Crippen molar-refractivity contribution in [3.8, 4) is 0 Å². The maximum absolute atomic E-state index is 14.1. The van der Waals surface area contributed by atoms with Gasteiger partial charge in [0.2, 0.25) is 23.6 Å². The maximum atomic E-state index is 14.1. The molecule has 0 bridgehead atoms. The number of amides is 4. The third-order valence-electron chi connectivity index (χ3n) is 9.29. The van der Waals surface area contributed by atoms with E-state index in [-0.39, 0.29) is 60.2 Å². The largest absolute Gasteiger partial charge is 0.394 e. The topological polar surface area (TPSA) is 122 Å². The Hall–Kier alpha value is -2.46. The molecule has 0 radical (unpaired) electrons. The van der Waals surface area contributed by atoms with Gasteiger partial charge < -0.3 is 25.5 Å². The summed E-state index contributed by atoms with van der Waals surface area (Å²) in [6.07, 6.45) is 5.94. The zero-order valence-electron chi connectivity index (χ0n) is 29.3. The summed E-state index contributed by atoms with van der Waals surface area (Å²) in [6, 6.07) is -2.13. The highest BCUT2D eigenvalue weighted by atomic mass is 16.3. The SMILES string of the molecule is CC(=C[C@H](C(C)C)N(C)C(=O)[C@@H](NC(=O)[C@H]1CCCCN1C(C)C)C(C)(C)C)C(=O)N1CCC[C@H]1C(=O)N[C@H](CO)C(C)C. The summed E-state index contributed by atoms with van der Waals surface area (Å²) in [5.74, 6) is -0.730. The van der Waals surface area contributed by atoms with Gasteiger partial charge in [-0.25, -0.2) is 0 Å². The number of hydrogen-bond acceptors (Lipinski definition) is 6. The molecule has 10 nitrogen and oxygen atoms in total. The number of nitrogens with one attached hydrogen (secondary N) is 2. The van der Waals surface area contributed by atoms with Crippen LogP contribution < -0.4 is 10.6 Å². The summed E-state index contributed by atoms with van der Waals surface area (Å²) in [6.45, 7) is 20.9. The number of carbonyl (C=O) groups excluding carboxylic acids is 4. The van der Waals surface area contributed by atoms with Crippen molar-refractivity contribution in [1.29, 1.82) is 0 Å². The maximum Gasteiger partial charge on any atom is 0.249 e. The smallest absolute Gasteiger partial charge is 0.249 e. The van der Waals surface area contributed by atoms with Crippen LogP contribution in [0.5, 0.6) is 0 Å². The molecule has 2 heterocycles. The highest BCUT2D eigenvalue weighted by Crippen LogP contribution is 2.27. The number of aliphatic hydroxyl groups excluding tert-OH is 1. The van der Waals surface area contributed by atoms with Crippen LogP contribution in [0.3, 0.4) is 0 Å². The molecule has 252 valence electrons. The Labute approximate surface area is 266 Å². The molecule has 2 aliphatic rings. The van der Waals surface area contributed by atoms with Crippen LogP contribution in [-0.4, -0.2) is 106 Å². The molecule has 0 aromatic rings. The Morgan fingerprint density at radius 3 is 2.00 bits per heavy atom. The molecule has 44 heavy (non-hydrogen) atoms. The van der Waals surface area contributed by atoms with E-state index >= 15 is 0 Å². The van der Waals surface area contributed by atoms with Gasteiger partial charge in [0, 0.05) is 25.2 Å². The number of aliphatic hydroxyl groups is 1. The zero-order valence-corrected chi connectivity index (χ0v) is 29.3. The van der Waals surface area contributed by atoms with Crippen molar-refractivity contribution >= 4 is 23.6 Å². The van der Waals surface area contributed by atoms with Gasteiger partial charge in [0.05, 0.1) is 24.7 Å². The van der Waals surface area contributed by atoms with Crippen molar-refractivity contribution in [1.82, 2.24) is 25.3 Å². The summed E-state index contributed by atoms with van der Waals surface area (Å²) in [7, 11) is 1.74. The molecule has 0 spiro atoms. The fourth-order valence-corrected chi connectivity index (χ4v) is 6.38. The summed E-state index contributed by atoms with van der Waals surface area (Å²) < 4.78 is 0. The van der Waals surface area contributed by atoms with Gasteiger partial charge in [-0.1, -0.05) is 61.0 Å². The normalized spacial score (nSPS) is 22.2. The number of likely N-dealkylation sites (tertiary alicyclic amines) is 2. The molecular weight excluding hydrogens is 558 g/mol. The predicted molar refractivity (Wildman–Crippen MR) is 175 cm³/mol. The molecule has 5 atom stereocenters. The van der Waals surface area contributed by atoms with Gasteiger partial charge in [-0.05, 0) is 70.3 Å². The lowest BCUT2D eigenvalue weighted by atomic mass is 9.84. The molecule has 10 heteroatoms. The fourth-order valence-electron chi connectivity index (χ4n) is 6.38. The second-order valence-corrected chi connectivity index (χ2v) is 14.9. The molecule has 2 rings (SSSR count). The molecule has 0 aromatic carbocycles. The van der Waals surface area contributed by atoms with Crippen LogP contribution in [0.4, 0.5) is 0 Å². The minimum absolute atomic E-state index is 0.00757. The van der Waals surface area contributed by atoms with Crippen LogP contribution in [0, 0.1) is 17.3 Å². The standard InChI is InChI=1S/C34H61N5O5/c1-21(2)25(20-40)35-30(41)27-16-14-18-39(27)32(43)24(7)19-28(22(3)4)37(11)33(44)29(34(8,9)10)36-31(42)26-15-12-13-17-38(26)23(5)6/h19,21-23,25-29,40H,12-18,20H2,1-11H3,(H,35,41)(H,36,42)/t25-,26-,27+,28-,29-/m1/s1. The molecular formula is C34H61N5O5. The van der Waals surface area contributed by atoms with Gasteiger partial charge >= 0.3 is 0 Å². The molecule has 2 saturated heterocycles. The van der Waals surface area contributed by atoms with E-state index in [1.807, 2.05) is 54.5 Å². The van der Waals surface area contributed by atoms with E-state index in [9.17, 15) is 24.3 Å². The van der Waals surface area contributed by atoms with E-state index < -0.39 is 23.5 Å². The summed E-state index contributed by atoms with van der Waals surface area (Å²) >= 11 is 0. The first-order valence-electron chi connectivity index (χ1n) is 16.7. The molecule has 3 N–H and O–H groups in total. The van der Waals surface area contributed by atoms with Crippen LogP contribution in [0.2, 0.25) is 0 Å². The minimum atomic E-state index is -0.742. The molecule has 0 aromatic heterocycles. The molecule has 0 saturated carbocycles. The molecule has 2 fully saturated rings. The van der Waals surface area contributed by atoms with E-state index in [2.05, 4.69) is 29.4 Å². The van der Waals surface area contributed by atoms with Crippen LogP contribution >= 0.6 is 0 Å². The van der Waals surface area contributed by atoms with E-state index in [1.165, 1.54) is 0 Å². The molecule has 4 amide bonds. The first-order valence-corrected chi connectivity index (χ1v) is 16.7. The van der Waals surface area contributed by atoms with Gasteiger partial charge in [0.1, 0.15) is 12.1 Å². The minimum Gasteiger partial charge on any atom is -0.394 e. The van der Waals surface area contributed by atoms with Gasteiger partial charge in [0.15, 0.2) is 0 Å². The van der Waals surface area contributed by atoms with Crippen LogP contribution in [0.1, 0.15) is 101 Å². The Morgan fingerprint density at radius 1 is 0.886 bits per heavy atom. The van der Waals surface area contributed by atoms with Crippen molar-refractivity contribution in [3.05, 3.63) is 11.6 Å². The molecule has 2 aliphatic heterocycles. The summed E-state index contributed by atoms with van der Waals surface area (Å²) in [4.78, 5) is 59.9. The fraction of sp³-hybridized carbons (Fsp3) is 0.824. The lowest BCUT2D eigenvalue weighted by Crippen LogP contribution is -2.60.